The summed E-state index contributed by atoms with van der Waals surface area (Å²) >= 11 is 5.85. The molecule has 2 heterocycles. The number of benzene rings is 1. The summed E-state index contributed by atoms with van der Waals surface area (Å²) in [6.07, 6.45) is 3.31. The van der Waals surface area contributed by atoms with Gasteiger partial charge in [0.25, 0.3) is 5.91 Å². The van der Waals surface area contributed by atoms with E-state index >= 15 is 0 Å². The summed E-state index contributed by atoms with van der Waals surface area (Å²) in [5.41, 5.74) is 2.95. The van der Waals surface area contributed by atoms with Gasteiger partial charge >= 0.3 is 0 Å². The van der Waals surface area contributed by atoms with Crippen molar-refractivity contribution in [3.05, 3.63) is 70.8 Å². The zero-order chi connectivity index (χ0) is 16.2. The third kappa shape index (κ3) is 3.73. The summed E-state index contributed by atoms with van der Waals surface area (Å²) in [7, 11) is 0. The molecule has 0 aliphatic carbocycles. The van der Waals surface area contributed by atoms with Gasteiger partial charge in [0.1, 0.15) is 0 Å². The fourth-order valence-corrected chi connectivity index (χ4v) is 2.14. The molecule has 1 aromatic carbocycles. The summed E-state index contributed by atoms with van der Waals surface area (Å²) in [4.78, 5) is 12.0. The van der Waals surface area contributed by atoms with Crippen molar-refractivity contribution < 1.29 is 4.79 Å². The van der Waals surface area contributed by atoms with Gasteiger partial charge in [-0.25, -0.2) is 4.68 Å². The molecule has 7 heteroatoms. The highest BCUT2D eigenvalue weighted by Gasteiger charge is 2.07. The van der Waals surface area contributed by atoms with Gasteiger partial charge in [-0.3, -0.25) is 4.79 Å². The van der Waals surface area contributed by atoms with E-state index in [9.17, 15) is 4.79 Å². The van der Waals surface area contributed by atoms with Crippen LogP contribution in [0.5, 0.6) is 0 Å². The van der Waals surface area contributed by atoms with Crippen molar-refractivity contribution in [2.75, 3.05) is 0 Å². The summed E-state index contributed by atoms with van der Waals surface area (Å²) < 4.78 is 1.69. The number of nitrogens with one attached hydrogen (secondary N) is 1. The lowest BCUT2D eigenvalue weighted by Gasteiger charge is -2.06. The van der Waals surface area contributed by atoms with Gasteiger partial charge in [-0.1, -0.05) is 23.7 Å². The molecule has 3 aromatic rings. The molecule has 0 unspecified atom stereocenters. The number of amides is 1. The number of aryl methyl sites for hydroxylation is 1. The molecule has 0 fully saturated rings. The Morgan fingerprint density at radius 3 is 2.57 bits per heavy atom. The lowest BCUT2D eigenvalue weighted by molar-refractivity contribution is 0.0945. The second kappa shape index (κ2) is 6.58. The first kappa shape index (κ1) is 15.2. The molecule has 0 bridgehead atoms. The topological polar surface area (TPSA) is 72.7 Å². The van der Waals surface area contributed by atoms with Gasteiger partial charge in [0.15, 0.2) is 5.69 Å². The maximum atomic E-state index is 12.0. The van der Waals surface area contributed by atoms with Gasteiger partial charge in [-0.15, -0.1) is 5.10 Å². The Kier molecular flexibility index (Phi) is 4.34. The summed E-state index contributed by atoms with van der Waals surface area (Å²) in [6, 6.07) is 11.1. The molecule has 23 heavy (non-hydrogen) atoms. The minimum Gasteiger partial charge on any atom is -0.347 e. The van der Waals surface area contributed by atoms with E-state index < -0.39 is 0 Å². The number of hydrogen-bond acceptors (Lipinski definition) is 4. The van der Waals surface area contributed by atoms with Crippen LogP contribution in [0.25, 0.3) is 5.69 Å². The van der Waals surface area contributed by atoms with Crippen LogP contribution in [0.3, 0.4) is 0 Å². The lowest BCUT2D eigenvalue weighted by Crippen LogP contribution is -2.24. The number of rotatable bonds is 4. The molecule has 0 saturated carbocycles. The van der Waals surface area contributed by atoms with Gasteiger partial charge in [-0.2, -0.15) is 10.2 Å². The SMILES string of the molecule is Cc1ccc(C(=O)NCc2ccc(-n3cc(Cl)cn3)cc2)nn1. The highest BCUT2D eigenvalue weighted by molar-refractivity contribution is 6.30. The van der Waals surface area contributed by atoms with Crippen molar-refractivity contribution in [1.82, 2.24) is 25.3 Å². The van der Waals surface area contributed by atoms with E-state index in [1.54, 1.807) is 29.2 Å². The lowest BCUT2D eigenvalue weighted by atomic mass is 10.2. The summed E-state index contributed by atoms with van der Waals surface area (Å²) in [6.45, 7) is 2.23. The second-order valence-corrected chi connectivity index (χ2v) is 5.45. The molecule has 0 atom stereocenters. The number of halogens is 1. The standard InChI is InChI=1S/C16H14ClN5O/c1-11-2-7-15(21-20-11)16(23)18-8-12-3-5-14(6-4-12)22-10-13(17)9-19-22/h2-7,9-10H,8H2,1H3,(H,18,23). The number of nitrogens with zero attached hydrogens (tertiary/aromatic N) is 4. The first-order valence-electron chi connectivity index (χ1n) is 7.00. The Labute approximate surface area is 138 Å². The molecule has 2 aromatic heterocycles. The van der Waals surface area contributed by atoms with Crippen LogP contribution >= 0.6 is 11.6 Å². The molecule has 0 spiro atoms. The van der Waals surface area contributed by atoms with Crippen LogP contribution in [-0.2, 0) is 6.54 Å². The van der Waals surface area contributed by atoms with Crippen LogP contribution in [0.1, 0.15) is 21.7 Å². The Balaban J connectivity index is 1.62. The first-order chi connectivity index (χ1) is 11.1. The van der Waals surface area contributed by atoms with Crippen molar-refractivity contribution in [3.63, 3.8) is 0 Å². The molecule has 0 radical (unpaired) electrons. The average Bonchev–Trinajstić information content (AvgIpc) is 3.00. The fraction of sp³-hybridized carbons (Fsp3) is 0.125. The monoisotopic (exact) mass is 327 g/mol. The summed E-state index contributed by atoms with van der Waals surface area (Å²) in [5.74, 6) is -0.250. The van der Waals surface area contributed by atoms with E-state index in [1.165, 1.54) is 0 Å². The summed E-state index contributed by atoms with van der Waals surface area (Å²) in [5, 5.41) is 15.3. The maximum absolute atomic E-state index is 12.0. The van der Waals surface area contributed by atoms with Gasteiger partial charge in [0, 0.05) is 12.7 Å². The largest absolute Gasteiger partial charge is 0.347 e. The maximum Gasteiger partial charge on any atom is 0.272 e. The molecule has 1 amide bonds. The van der Waals surface area contributed by atoms with Crippen LogP contribution in [0.4, 0.5) is 0 Å². The number of carbonyl (C=O) groups excluding carboxylic acids is 1. The van der Waals surface area contributed by atoms with E-state index in [2.05, 4.69) is 20.6 Å². The number of carbonyl (C=O) groups is 1. The Morgan fingerprint density at radius 2 is 1.96 bits per heavy atom. The Morgan fingerprint density at radius 1 is 1.17 bits per heavy atom. The van der Waals surface area contributed by atoms with Gasteiger partial charge in [0.2, 0.25) is 0 Å². The molecule has 6 nitrogen and oxygen atoms in total. The molecule has 3 rings (SSSR count). The van der Waals surface area contributed by atoms with Crippen molar-refractivity contribution in [2.24, 2.45) is 0 Å². The number of hydrogen-bond donors (Lipinski definition) is 1. The third-order valence-electron chi connectivity index (χ3n) is 3.24. The molecule has 1 N–H and O–H groups in total. The van der Waals surface area contributed by atoms with Crippen molar-refractivity contribution >= 4 is 17.5 Å². The highest BCUT2D eigenvalue weighted by atomic mass is 35.5. The molecule has 0 aliphatic rings. The van der Waals surface area contributed by atoms with Crippen LogP contribution in [-0.4, -0.2) is 25.9 Å². The van der Waals surface area contributed by atoms with Crippen LogP contribution < -0.4 is 5.32 Å². The van der Waals surface area contributed by atoms with Crippen LogP contribution in [0.2, 0.25) is 5.02 Å². The second-order valence-electron chi connectivity index (χ2n) is 5.01. The van der Waals surface area contributed by atoms with Crippen molar-refractivity contribution in [2.45, 2.75) is 13.5 Å². The van der Waals surface area contributed by atoms with E-state index in [4.69, 9.17) is 11.6 Å². The van der Waals surface area contributed by atoms with Gasteiger partial charge < -0.3 is 5.32 Å². The smallest absolute Gasteiger partial charge is 0.272 e. The van der Waals surface area contributed by atoms with E-state index in [0.29, 0.717) is 17.3 Å². The molecular weight excluding hydrogens is 314 g/mol. The average molecular weight is 328 g/mol. The predicted molar refractivity (Wildman–Crippen MR) is 86.5 cm³/mol. The Hall–Kier alpha value is -2.73. The highest BCUT2D eigenvalue weighted by Crippen LogP contribution is 2.12. The zero-order valence-corrected chi connectivity index (χ0v) is 13.2. The minimum absolute atomic E-state index is 0.250. The van der Waals surface area contributed by atoms with Crippen LogP contribution in [0, 0.1) is 6.92 Å². The first-order valence-corrected chi connectivity index (χ1v) is 7.37. The predicted octanol–water partition coefficient (Wildman–Crippen LogP) is 2.55. The van der Waals surface area contributed by atoms with Crippen molar-refractivity contribution in [3.8, 4) is 5.69 Å². The fourth-order valence-electron chi connectivity index (χ4n) is 2.00. The third-order valence-corrected chi connectivity index (χ3v) is 3.43. The Bertz CT molecular complexity index is 811. The molecule has 0 aliphatic heterocycles. The molecule has 116 valence electrons. The molecule has 0 saturated heterocycles. The van der Waals surface area contributed by atoms with E-state index in [0.717, 1.165) is 16.9 Å². The van der Waals surface area contributed by atoms with Crippen molar-refractivity contribution in [1.29, 1.82) is 0 Å². The van der Waals surface area contributed by atoms with Gasteiger partial charge in [0.05, 0.1) is 22.6 Å². The molecular formula is C16H14ClN5O. The quantitative estimate of drug-likeness (QED) is 0.799. The van der Waals surface area contributed by atoms with Crippen LogP contribution in [0.15, 0.2) is 48.8 Å². The normalized spacial score (nSPS) is 10.5. The van der Waals surface area contributed by atoms with Gasteiger partial charge in [-0.05, 0) is 36.8 Å². The van der Waals surface area contributed by atoms with E-state index in [-0.39, 0.29) is 5.91 Å². The minimum atomic E-state index is -0.250. The zero-order valence-electron chi connectivity index (χ0n) is 12.4. The number of aromatic nitrogens is 4. The van der Waals surface area contributed by atoms with E-state index in [1.807, 2.05) is 31.2 Å².